The van der Waals surface area contributed by atoms with Gasteiger partial charge < -0.3 is 5.32 Å². The van der Waals surface area contributed by atoms with E-state index < -0.39 is 12.1 Å². The van der Waals surface area contributed by atoms with Gasteiger partial charge in [0.15, 0.2) is 0 Å². The van der Waals surface area contributed by atoms with Crippen LogP contribution in [-0.2, 0) is 4.79 Å². The molecule has 6 heteroatoms. The van der Waals surface area contributed by atoms with Crippen LogP contribution in [0.1, 0.15) is 24.4 Å². The highest BCUT2D eigenvalue weighted by atomic mass is 16.6. The predicted molar refractivity (Wildman–Crippen MR) is 55.1 cm³/mol. The van der Waals surface area contributed by atoms with Crippen LogP contribution >= 0.6 is 0 Å². The highest BCUT2D eigenvalue weighted by Crippen LogP contribution is 2.25. The Morgan fingerprint density at radius 3 is 3.00 bits per heavy atom. The van der Waals surface area contributed by atoms with Crippen molar-refractivity contribution in [2.75, 3.05) is 0 Å². The minimum Gasteiger partial charge on any atom is -0.343 e. The van der Waals surface area contributed by atoms with Crippen LogP contribution in [0.3, 0.4) is 0 Å². The SMILES string of the molecule is O=C1CC[C@@H]([N+](=O)[O-])[C@@H](c2cccnc2)N1. The first-order valence-electron chi connectivity index (χ1n) is 5.01. The van der Waals surface area contributed by atoms with Crippen LogP contribution in [0, 0.1) is 10.1 Å². The van der Waals surface area contributed by atoms with Crippen molar-refractivity contribution in [3.63, 3.8) is 0 Å². The molecule has 1 aromatic rings. The third kappa shape index (κ3) is 2.00. The number of nitrogens with one attached hydrogen (secondary N) is 1. The lowest BCUT2D eigenvalue weighted by molar-refractivity contribution is -0.529. The quantitative estimate of drug-likeness (QED) is 0.587. The Balaban J connectivity index is 2.27. The maximum Gasteiger partial charge on any atom is 0.237 e. The van der Waals surface area contributed by atoms with E-state index in [-0.39, 0.29) is 23.7 Å². The van der Waals surface area contributed by atoms with E-state index in [0.29, 0.717) is 5.56 Å². The molecule has 16 heavy (non-hydrogen) atoms. The summed E-state index contributed by atoms with van der Waals surface area (Å²) in [6, 6.07) is 2.11. The predicted octanol–water partition coefficient (Wildman–Crippen LogP) is 0.678. The number of amides is 1. The Hall–Kier alpha value is -1.98. The Labute approximate surface area is 91.8 Å². The first-order chi connectivity index (χ1) is 7.68. The molecular formula is C10H11N3O3. The maximum absolute atomic E-state index is 11.3. The number of rotatable bonds is 2. The van der Waals surface area contributed by atoms with E-state index in [9.17, 15) is 14.9 Å². The zero-order chi connectivity index (χ0) is 11.5. The van der Waals surface area contributed by atoms with Crippen molar-refractivity contribution < 1.29 is 9.72 Å². The molecule has 84 valence electrons. The summed E-state index contributed by atoms with van der Waals surface area (Å²) >= 11 is 0. The van der Waals surface area contributed by atoms with E-state index in [1.165, 1.54) is 0 Å². The number of hydrogen-bond donors (Lipinski definition) is 1. The zero-order valence-corrected chi connectivity index (χ0v) is 8.50. The summed E-state index contributed by atoms with van der Waals surface area (Å²) in [5.41, 5.74) is 0.678. The first kappa shape index (κ1) is 10.5. The van der Waals surface area contributed by atoms with Crippen molar-refractivity contribution >= 4 is 5.91 Å². The standard InChI is InChI=1S/C10H11N3O3/c14-9-4-3-8(13(15)16)10(12-9)7-2-1-5-11-6-7/h1-2,5-6,8,10H,3-4H2,(H,12,14)/t8-,10-/m1/s1. The van der Waals surface area contributed by atoms with Gasteiger partial charge in [0.2, 0.25) is 11.9 Å². The molecule has 0 radical (unpaired) electrons. The fourth-order valence-corrected chi connectivity index (χ4v) is 1.88. The van der Waals surface area contributed by atoms with E-state index >= 15 is 0 Å². The minimum atomic E-state index is -0.762. The molecule has 0 bridgehead atoms. The van der Waals surface area contributed by atoms with Crippen LogP contribution in [0.25, 0.3) is 0 Å². The van der Waals surface area contributed by atoms with Gasteiger partial charge in [0.1, 0.15) is 6.04 Å². The fourth-order valence-electron chi connectivity index (χ4n) is 1.88. The normalized spacial score (nSPS) is 24.9. The van der Waals surface area contributed by atoms with E-state index in [0.717, 1.165) is 0 Å². The van der Waals surface area contributed by atoms with E-state index in [2.05, 4.69) is 10.3 Å². The molecule has 0 aliphatic carbocycles. The molecule has 1 N–H and O–H groups in total. The van der Waals surface area contributed by atoms with Gasteiger partial charge in [-0.3, -0.25) is 19.9 Å². The van der Waals surface area contributed by atoms with Crippen LogP contribution in [-0.4, -0.2) is 21.9 Å². The highest BCUT2D eigenvalue weighted by Gasteiger charge is 2.38. The summed E-state index contributed by atoms with van der Waals surface area (Å²) in [7, 11) is 0. The number of carbonyl (C=O) groups is 1. The first-order valence-corrected chi connectivity index (χ1v) is 5.01. The number of nitrogens with zero attached hydrogens (tertiary/aromatic N) is 2. The molecule has 0 saturated carbocycles. The second-order valence-corrected chi connectivity index (χ2v) is 3.72. The largest absolute Gasteiger partial charge is 0.343 e. The summed E-state index contributed by atoms with van der Waals surface area (Å²) in [6.07, 6.45) is 3.63. The molecule has 1 aliphatic rings. The van der Waals surface area contributed by atoms with Crippen LogP contribution in [0.5, 0.6) is 0 Å². The smallest absolute Gasteiger partial charge is 0.237 e. The molecular weight excluding hydrogens is 210 g/mol. The molecule has 1 amide bonds. The van der Waals surface area contributed by atoms with Gasteiger partial charge in [0, 0.05) is 30.2 Å². The summed E-state index contributed by atoms with van der Waals surface area (Å²) in [5.74, 6) is -0.146. The molecule has 0 unspecified atom stereocenters. The Kier molecular flexibility index (Phi) is 2.80. The maximum atomic E-state index is 11.3. The molecule has 1 aliphatic heterocycles. The van der Waals surface area contributed by atoms with Gasteiger partial charge in [0.25, 0.3) is 0 Å². The average Bonchev–Trinajstić information content (AvgIpc) is 2.29. The molecule has 0 aromatic carbocycles. The third-order valence-electron chi connectivity index (χ3n) is 2.68. The van der Waals surface area contributed by atoms with Crippen molar-refractivity contribution in [3.8, 4) is 0 Å². The van der Waals surface area contributed by atoms with Gasteiger partial charge in [-0.1, -0.05) is 6.07 Å². The van der Waals surface area contributed by atoms with Gasteiger partial charge in [-0.05, 0) is 11.6 Å². The highest BCUT2D eigenvalue weighted by molar-refractivity contribution is 5.77. The minimum absolute atomic E-state index is 0.146. The Morgan fingerprint density at radius 2 is 2.38 bits per heavy atom. The van der Waals surface area contributed by atoms with Crippen molar-refractivity contribution in [3.05, 3.63) is 40.2 Å². The molecule has 2 rings (SSSR count). The number of hydrogen-bond acceptors (Lipinski definition) is 4. The van der Waals surface area contributed by atoms with Crippen LogP contribution < -0.4 is 5.32 Å². The molecule has 1 saturated heterocycles. The monoisotopic (exact) mass is 221 g/mol. The van der Waals surface area contributed by atoms with Crippen LogP contribution in [0.2, 0.25) is 0 Å². The molecule has 6 nitrogen and oxygen atoms in total. The molecule has 2 heterocycles. The van der Waals surface area contributed by atoms with Gasteiger partial charge in [-0.2, -0.15) is 0 Å². The van der Waals surface area contributed by atoms with Crippen LogP contribution in [0.4, 0.5) is 0 Å². The molecule has 2 atom stereocenters. The van der Waals surface area contributed by atoms with Crippen molar-refractivity contribution in [2.24, 2.45) is 0 Å². The zero-order valence-electron chi connectivity index (χ0n) is 8.50. The lowest BCUT2D eigenvalue weighted by Gasteiger charge is -2.26. The second kappa shape index (κ2) is 4.26. The Morgan fingerprint density at radius 1 is 1.56 bits per heavy atom. The number of nitro groups is 1. The number of carbonyl (C=O) groups excluding carboxylic acids is 1. The third-order valence-corrected chi connectivity index (χ3v) is 2.68. The number of pyridine rings is 1. The second-order valence-electron chi connectivity index (χ2n) is 3.72. The lowest BCUT2D eigenvalue weighted by atomic mass is 9.93. The topological polar surface area (TPSA) is 85.1 Å². The van der Waals surface area contributed by atoms with E-state index in [1.807, 2.05) is 0 Å². The van der Waals surface area contributed by atoms with Crippen molar-refractivity contribution in [2.45, 2.75) is 24.9 Å². The Bertz CT molecular complexity index is 407. The van der Waals surface area contributed by atoms with Gasteiger partial charge in [0.05, 0.1) is 0 Å². The van der Waals surface area contributed by atoms with Gasteiger partial charge in [-0.25, -0.2) is 0 Å². The summed E-state index contributed by atoms with van der Waals surface area (Å²) in [5, 5.41) is 13.5. The van der Waals surface area contributed by atoms with Gasteiger partial charge >= 0.3 is 0 Å². The summed E-state index contributed by atoms with van der Waals surface area (Å²) in [4.78, 5) is 25.7. The number of piperidine rings is 1. The van der Waals surface area contributed by atoms with Crippen molar-refractivity contribution in [1.29, 1.82) is 0 Å². The average molecular weight is 221 g/mol. The molecule has 0 spiro atoms. The van der Waals surface area contributed by atoms with E-state index in [1.54, 1.807) is 24.5 Å². The fraction of sp³-hybridized carbons (Fsp3) is 0.400. The number of aromatic nitrogens is 1. The molecule has 1 fully saturated rings. The molecule has 1 aromatic heterocycles. The van der Waals surface area contributed by atoms with E-state index in [4.69, 9.17) is 0 Å². The lowest BCUT2D eigenvalue weighted by Crippen LogP contribution is -2.45. The summed E-state index contributed by atoms with van der Waals surface area (Å²) < 4.78 is 0. The van der Waals surface area contributed by atoms with Crippen molar-refractivity contribution in [1.82, 2.24) is 10.3 Å². The summed E-state index contributed by atoms with van der Waals surface area (Å²) in [6.45, 7) is 0. The van der Waals surface area contributed by atoms with Crippen LogP contribution in [0.15, 0.2) is 24.5 Å². The van der Waals surface area contributed by atoms with Gasteiger partial charge in [-0.15, -0.1) is 0 Å².